The Kier molecular flexibility index (Phi) is 3.28. The van der Waals surface area contributed by atoms with Crippen molar-refractivity contribution in [3.05, 3.63) is 35.4 Å². The first kappa shape index (κ1) is 11.6. The van der Waals surface area contributed by atoms with E-state index >= 15 is 0 Å². The number of nitrogens with one attached hydrogen (secondary N) is 1. The van der Waals surface area contributed by atoms with Crippen molar-refractivity contribution in [1.82, 2.24) is 5.32 Å². The molecule has 0 aromatic heterocycles. The van der Waals surface area contributed by atoms with Crippen molar-refractivity contribution < 1.29 is 5.11 Å². The van der Waals surface area contributed by atoms with E-state index in [1.54, 1.807) is 0 Å². The largest absolute Gasteiger partial charge is 0.385 e. The van der Waals surface area contributed by atoms with E-state index in [1.807, 2.05) is 31.2 Å². The predicted molar refractivity (Wildman–Crippen MR) is 64.9 cm³/mol. The lowest BCUT2D eigenvalue weighted by atomic mass is 9.82. The van der Waals surface area contributed by atoms with Gasteiger partial charge in [-0.25, -0.2) is 0 Å². The lowest BCUT2D eigenvalue weighted by molar-refractivity contribution is 0.00210. The van der Waals surface area contributed by atoms with Crippen molar-refractivity contribution in [2.24, 2.45) is 11.7 Å². The molecule has 2 atom stereocenters. The van der Waals surface area contributed by atoms with Crippen LogP contribution in [0.2, 0.25) is 0 Å². The molecule has 1 aromatic carbocycles. The highest BCUT2D eigenvalue weighted by Crippen LogP contribution is 2.33. The van der Waals surface area contributed by atoms with Crippen LogP contribution in [0.25, 0.3) is 0 Å². The summed E-state index contributed by atoms with van der Waals surface area (Å²) in [6.45, 7) is 4.31. The van der Waals surface area contributed by atoms with Crippen LogP contribution in [-0.2, 0) is 12.1 Å². The van der Waals surface area contributed by atoms with E-state index in [0.717, 1.165) is 30.6 Å². The van der Waals surface area contributed by atoms with E-state index in [-0.39, 0.29) is 0 Å². The lowest BCUT2D eigenvalue weighted by Gasteiger charge is -2.30. The second-order valence-corrected chi connectivity index (χ2v) is 4.74. The third kappa shape index (κ3) is 2.12. The molecule has 4 N–H and O–H groups in total. The summed E-state index contributed by atoms with van der Waals surface area (Å²) < 4.78 is 0. The maximum absolute atomic E-state index is 10.6. The Bertz CT molecular complexity index is 357. The van der Waals surface area contributed by atoms with Crippen molar-refractivity contribution >= 4 is 0 Å². The van der Waals surface area contributed by atoms with Gasteiger partial charge in [0.15, 0.2) is 0 Å². The highest BCUT2D eigenvalue weighted by atomic mass is 16.3. The molecule has 1 heterocycles. The standard InChI is InChI=1S/C13H20N2O/c1-13(16,12-5-6-15-9-12)11-4-2-3-10(7-11)8-14/h2-4,7,12,15-16H,5-6,8-9,14H2,1H3. The number of hydrogen-bond donors (Lipinski definition) is 3. The molecule has 0 amide bonds. The third-order valence-corrected chi connectivity index (χ3v) is 3.60. The number of benzene rings is 1. The molecule has 2 unspecified atom stereocenters. The zero-order valence-electron chi connectivity index (χ0n) is 9.74. The maximum Gasteiger partial charge on any atom is 0.0909 e. The fourth-order valence-electron chi connectivity index (χ4n) is 2.38. The van der Waals surface area contributed by atoms with Crippen molar-refractivity contribution in [3.8, 4) is 0 Å². The molecule has 3 heteroatoms. The van der Waals surface area contributed by atoms with Crippen LogP contribution in [-0.4, -0.2) is 18.2 Å². The molecule has 0 spiro atoms. The van der Waals surface area contributed by atoms with Gasteiger partial charge >= 0.3 is 0 Å². The SMILES string of the molecule is CC(O)(c1cccc(CN)c1)C1CCNC1. The molecule has 1 fully saturated rings. The van der Waals surface area contributed by atoms with Gasteiger partial charge in [-0.2, -0.15) is 0 Å². The first-order valence-electron chi connectivity index (χ1n) is 5.87. The van der Waals surface area contributed by atoms with Gasteiger partial charge in [0.2, 0.25) is 0 Å². The number of nitrogens with two attached hydrogens (primary N) is 1. The van der Waals surface area contributed by atoms with Gasteiger partial charge in [0.1, 0.15) is 0 Å². The highest BCUT2D eigenvalue weighted by Gasteiger charge is 2.35. The summed E-state index contributed by atoms with van der Waals surface area (Å²) in [6, 6.07) is 7.96. The van der Waals surface area contributed by atoms with Gasteiger partial charge in [0, 0.05) is 19.0 Å². The van der Waals surface area contributed by atoms with Crippen LogP contribution in [0.15, 0.2) is 24.3 Å². The Morgan fingerprint density at radius 2 is 2.38 bits per heavy atom. The third-order valence-electron chi connectivity index (χ3n) is 3.60. The molecule has 0 radical (unpaired) electrons. The fraction of sp³-hybridized carbons (Fsp3) is 0.538. The van der Waals surface area contributed by atoms with E-state index in [2.05, 4.69) is 5.32 Å². The van der Waals surface area contributed by atoms with Crippen molar-refractivity contribution in [3.63, 3.8) is 0 Å². The average molecular weight is 220 g/mol. The molecule has 88 valence electrons. The van der Waals surface area contributed by atoms with Crippen LogP contribution in [0.1, 0.15) is 24.5 Å². The molecule has 1 aliphatic rings. The van der Waals surface area contributed by atoms with Crippen LogP contribution in [0.5, 0.6) is 0 Å². The van der Waals surface area contributed by atoms with E-state index in [1.165, 1.54) is 0 Å². The lowest BCUT2D eigenvalue weighted by Crippen LogP contribution is -2.33. The molecule has 3 nitrogen and oxygen atoms in total. The molecule has 2 rings (SSSR count). The molecule has 16 heavy (non-hydrogen) atoms. The molecule has 1 aliphatic heterocycles. The van der Waals surface area contributed by atoms with Crippen molar-refractivity contribution in [1.29, 1.82) is 0 Å². The maximum atomic E-state index is 10.6. The summed E-state index contributed by atoms with van der Waals surface area (Å²) in [4.78, 5) is 0. The number of hydrogen-bond acceptors (Lipinski definition) is 3. The quantitative estimate of drug-likeness (QED) is 0.711. The Morgan fingerprint density at radius 1 is 1.56 bits per heavy atom. The summed E-state index contributed by atoms with van der Waals surface area (Å²) in [5.41, 5.74) is 6.92. The van der Waals surface area contributed by atoms with Crippen LogP contribution < -0.4 is 11.1 Å². The fourth-order valence-corrected chi connectivity index (χ4v) is 2.38. The summed E-state index contributed by atoms with van der Waals surface area (Å²) in [5, 5.41) is 13.9. The predicted octanol–water partition coefficient (Wildman–Crippen LogP) is 0.962. The molecule has 0 saturated carbocycles. The van der Waals surface area contributed by atoms with Crippen molar-refractivity contribution in [2.45, 2.75) is 25.5 Å². The molecular formula is C13H20N2O. The summed E-state index contributed by atoms with van der Waals surface area (Å²) in [7, 11) is 0. The van der Waals surface area contributed by atoms with E-state index in [9.17, 15) is 5.11 Å². The smallest absolute Gasteiger partial charge is 0.0909 e. The second-order valence-electron chi connectivity index (χ2n) is 4.74. The van der Waals surface area contributed by atoms with Crippen LogP contribution in [0.4, 0.5) is 0 Å². The number of aliphatic hydroxyl groups is 1. The van der Waals surface area contributed by atoms with Crippen molar-refractivity contribution in [2.75, 3.05) is 13.1 Å². The summed E-state index contributed by atoms with van der Waals surface area (Å²) in [6.07, 6.45) is 1.03. The minimum atomic E-state index is -0.755. The topological polar surface area (TPSA) is 58.3 Å². The molecule has 1 saturated heterocycles. The van der Waals surface area contributed by atoms with Crippen LogP contribution >= 0.6 is 0 Å². The van der Waals surface area contributed by atoms with Crippen LogP contribution in [0.3, 0.4) is 0 Å². The molecule has 0 aliphatic carbocycles. The van der Waals surface area contributed by atoms with Gasteiger partial charge < -0.3 is 16.2 Å². The van der Waals surface area contributed by atoms with E-state index in [0.29, 0.717) is 12.5 Å². The minimum Gasteiger partial charge on any atom is -0.385 e. The van der Waals surface area contributed by atoms with Gasteiger partial charge in [-0.1, -0.05) is 24.3 Å². The van der Waals surface area contributed by atoms with Gasteiger partial charge in [-0.05, 0) is 31.0 Å². The summed E-state index contributed by atoms with van der Waals surface area (Å²) >= 11 is 0. The normalized spacial score (nSPS) is 24.3. The highest BCUT2D eigenvalue weighted by molar-refractivity contribution is 5.28. The zero-order valence-corrected chi connectivity index (χ0v) is 9.74. The van der Waals surface area contributed by atoms with E-state index < -0.39 is 5.60 Å². The monoisotopic (exact) mass is 220 g/mol. The Morgan fingerprint density at radius 3 is 3.00 bits per heavy atom. The first-order chi connectivity index (χ1) is 7.64. The minimum absolute atomic E-state index is 0.292. The molecule has 1 aromatic rings. The molecular weight excluding hydrogens is 200 g/mol. The Balaban J connectivity index is 2.26. The van der Waals surface area contributed by atoms with Gasteiger partial charge in [0.25, 0.3) is 0 Å². The first-order valence-corrected chi connectivity index (χ1v) is 5.87. The van der Waals surface area contributed by atoms with E-state index in [4.69, 9.17) is 5.73 Å². The zero-order chi connectivity index (χ0) is 11.6. The van der Waals surface area contributed by atoms with Crippen LogP contribution in [0, 0.1) is 5.92 Å². The van der Waals surface area contributed by atoms with Gasteiger partial charge in [-0.15, -0.1) is 0 Å². The average Bonchev–Trinajstić information content (AvgIpc) is 2.83. The number of rotatable bonds is 3. The van der Waals surface area contributed by atoms with Gasteiger partial charge in [0.05, 0.1) is 5.60 Å². The summed E-state index contributed by atoms with van der Waals surface area (Å²) in [5.74, 6) is 0.292. The Hall–Kier alpha value is -0.900. The Labute approximate surface area is 96.7 Å². The second kappa shape index (κ2) is 4.53. The molecule has 0 bridgehead atoms. The van der Waals surface area contributed by atoms with Gasteiger partial charge in [-0.3, -0.25) is 0 Å².